The van der Waals surface area contributed by atoms with Crippen LogP contribution >= 0.6 is 23.8 Å². The van der Waals surface area contributed by atoms with Gasteiger partial charge in [0.15, 0.2) is 10.8 Å². The van der Waals surface area contributed by atoms with E-state index in [1.807, 2.05) is 61.2 Å². The van der Waals surface area contributed by atoms with E-state index in [-0.39, 0.29) is 5.91 Å². The van der Waals surface area contributed by atoms with Gasteiger partial charge in [-0.05, 0) is 86.2 Å². The van der Waals surface area contributed by atoms with Crippen LogP contribution in [0.4, 0.5) is 11.4 Å². The number of aryl methyl sites for hydroxylation is 1. The molecule has 2 bridgehead atoms. The Morgan fingerprint density at radius 3 is 2.65 bits per heavy atom. The maximum absolute atomic E-state index is 13.8. The van der Waals surface area contributed by atoms with Crippen LogP contribution in [0.5, 0.6) is 11.5 Å². The lowest BCUT2D eigenvalue weighted by Gasteiger charge is -2.56. The Bertz CT molecular complexity index is 1280. The van der Waals surface area contributed by atoms with Crippen LogP contribution in [0, 0.1) is 12.8 Å². The first-order valence-corrected chi connectivity index (χ1v) is 11.7. The molecule has 34 heavy (non-hydrogen) atoms. The van der Waals surface area contributed by atoms with Crippen LogP contribution in [0.2, 0.25) is 5.02 Å². The van der Waals surface area contributed by atoms with Gasteiger partial charge in [-0.25, -0.2) is 0 Å². The monoisotopic (exact) mass is 493 g/mol. The molecule has 0 unspecified atom stereocenters. The van der Waals surface area contributed by atoms with Crippen LogP contribution in [0.15, 0.2) is 66.7 Å². The Kier molecular flexibility index (Phi) is 5.62. The van der Waals surface area contributed by atoms with Crippen LogP contribution < -0.4 is 25.0 Å². The summed E-state index contributed by atoms with van der Waals surface area (Å²) >= 11 is 11.8. The number of fused-ring (bicyclic) bond motifs is 4. The van der Waals surface area contributed by atoms with Crippen molar-refractivity contribution in [3.63, 3.8) is 0 Å². The van der Waals surface area contributed by atoms with Gasteiger partial charge in [-0.2, -0.15) is 0 Å². The first-order chi connectivity index (χ1) is 16.3. The van der Waals surface area contributed by atoms with Crippen molar-refractivity contribution in [2.24, 2.45) is 5.92 Å². The number of carbonyl (C=O) groups is 1. The van der Waals surface area contributed by atoms with Crippen molar-refractivity contribution in [3.05, 3.63) is 82.9 Å². The van der Waals surface area contributed by atoms with Crippen molar-refractivity contribution in [1.29, 1.82) is 0 Å². The smallest absolute Gasteiger partial charge is 0.236 e. The summed E-state index contributed by atoms with van der Waals surface area (Å²) in [4.78, 5) is 15.7. The van der Waals surface area contributed by atoms with E-state index >= 15 is 0 Å². The molecule has 2 aliphatic rings. The third-order valence-corrected chi connectivity index (χ3v) is 6.91. The number of ether oxygens (including phenoxy) is 2. The van der Waals surface area contributed by atoms with Gasteiger partial charge in [-0.3, -0.25) is 9.69 Å². The van der Waals surface area contributed by atoms with Crippen LogP contribution in [0.3, 0.4) is 0 Å². The summed E-state index contributed by atoms with van der Waals surface area (Å²) < 4.78 is 12.1. The molecule has 0 spiro atoms. The van der Waals surface area contributed by atoms with Crippen molar-refractivity contribution in [1.82, 2.24) is 5.32 Å². The first kappa shape index (κ1) is 22.5. The van der Waals surface area contributed by atoms with Gasteiger partial charge in [0.1, 0.15) is 17.4 Å². The lowest BCUT2D eigenvalue weighted by Crippen LogP contribution is -2.72. The SMILES string of the molecule is COc1ccc2c(c1)[C@@H]1NC(=S)N(c3cccc(C)c3)[C@](C)(O2)[C@@H]1C(=O)Nc1ccc(Cl)cc1. The largest absolute Gasteiger partial charge is 0.497 e. The summed E-state index contributed by atoms with van der Waals surface area (Å²) in [7, 11) is 1.61. The van der Waals surface area contributed by atoms with Gasteiger partial charge in [0, 0.05) is 22.0 Å². The highest BCUT2D eigenvalue weighted by Gasteiger charge is 2.59. The second-order valence-corrected chi connectivity index (χ2v) is 9.46. The zero-order chi connectivity index (χ0) is 24.0. The third-order valence-electron chi connectivity index (χ3n) is 6.36. The minimum atomic E-state index is -1.08. The predicted molar refractivity (Wildman–Crippen MR) is 138 cm³/mol. The number of nitrogens with zero attached hydrogens (tertiary/aromatic N) is 1. The molecule has 3 aromatic carbocycles. The molecule has 3 atom stereocenters. The Hall–Kier alpha value is -3.29. The van der Waals surface area contributed by atoms with E-state index in [0.29, 0.717) is 27.3 Å². The van der Waals surface area contributed by atoms with E-state index in [4.69, 9.17) is 33.3 Å². The van der Waals surface area contributed by atoms with Crippen molar-refractivity contribution >= 4 is 46.2 Å². The van der Waals surface area contributed by atoms with E-state index in [9.17, 15) is 4.79 Å². The molecule has 1 saturated heterocycles. The number of nitrogens with one attached hydrogen (secondary N) is 2. The third kappa shape index (κ3) is 3.75. The van der Waals surface area contributed by atoms with E-state index < -0.39 is 17.7 Å². The molecule has 2 aliphatic heterocycles. The average Bonchev–Trinajstić information content (AvgIpc) is 2.80. The second-order valence-electron chi connectivity index (χ2n) is 8.64. The molecule has 6 nitrogen and oxygen atoms in total. The van der Waals surface area contributed by atoms with Gasteiger partial charge >= 0.3 is 0 Å². The van der Waals surface area contributed by atoms with Gasteiger partial charge in [0.05, 0.1) is 13.2 Å². The van der Waals surface area contributed by atoms with E-state index in [0.717, 1.165) is 16.8 Å². The summed E-state index contributed by atoms with van der Waals surface area (Å²) in [6, 6.07) is 20.2. The summed E-state index contributed by atoms with van der Waals surface area (Å²) in [6.07, 6.45) is 0. The molecule has 2 N–H and O–H groups in total. The van der Waals surface area contributed by atoms with Crippen molar-refractivity contribution in [2.75, 3.05) is 17.3 Å². The van der Waals surface area contributed by atoms with Crippen molar-refractivity contribution in [3.8, 4) is 11.5 Å². The molecule has 0 aromatic heterocycles. The molecule has 0 saturated carbocycles. The molecule has 8 heteroatoms. The molecule has 0 aliphatic carbocycles. The van der Waals surface area contributed by atoms with Gasteiger partial charge in [-0.15, -0.1) is 0 Å². The fourth-order valence-electron chi connectivity index (χ4n) is 4.80. The van der Waals surface area contributed by atoms with E-state index in [1.165, 1.54) is 0 Å². The average molecular weight is 494 g/mol. The minimum absolute atomic E-state index is 0.198. The normalized spacial score (nSPS) is 22.8. The topological polar surface area (TPSA) is 62.8 Å². The highest BCUT2D eigenvalue weighted by molar-refractivity contribution is 7.80. The first-order valence-electron chi connectivity index (χ1n) is 10.9. The predicted octanol–water partition coefficient (Wildman–Crippen LogP) is 5.46. The fourth-order valence-corrected chi connectivity index (χ4v) is 5.34. The number of thiocarbonyl (C=S) groups is 1. The van der Waals surface area contributed by atoms with Crippen molar-refractivity contribution in [2.45, 2.75) is 25.6 Å². The zero-order valence-electron chi connectivity index (χ0n) is 19.0. The number of hydrogen-bond acceptors (Lipinski definition) is 4. The van der Waals surface area contributed by atoms with Gasteiger partial charge in [0.25, 0.3) is 0 Å². The van der Waals surface area contributed by atoms with Crippen LogP contribution in [-0.2, 0) is 4.79 Å². The number of hydrogen-bond donors (Lipinski definition) is 2. The number of rotatable bonds is 4. The molecular formula is C26H24ClN3O3S. The Morgan fingerprint density at radius 2 is 1.94 bits per heavy atom. The van der Waals surface area contributed by atoms with E-state index in [1.54, 1.807) is 31.4 Å². The fraction of sp³-hybridized carbons (Fsp3) is 0.231. The number of halogens is 1. The summed E-state index contributed by atoms with van der Waals surface area (Å²) in [5.74, 6) is 0.513. The summed E-state index contributed by atoms with van der Waals surface area (Å²) in [5, 5.41) is 7.53. The number of benzene rings is 3. The van der Waals surface area contributed by atoms with Crippen LogP contribution in [0.25, 0.3) is 0 Å². The number of methoxy groups -OCH3 is 1. The molecule has 2 heterocycles. The lowest BCUT2D eigenvalue weighted by atomic mass is 9.78. The molecule has 0 radical (unpaired) electrons. The molecule has 174 valence electrons. The van der Waals surface area contributed by atoms with Gasteiger partial charge < -0.3 is 20.1 Å². The molecular weight excluding hydrogens is 470 g/mol. The van der Waals surface area contributed by atoms with E-state index in [2.05, 4.69) is 10.6 Å². The number of anilines is 2. The highest BCUT2D eigenvalue weighted by atomic mass is 35.5. The molecule has 1 fully saturated rings. The van der Waals surface area contributed by atoms with Crippen LogP contribution in [0.1, 0.15) is 24.1 Å². The lowest BCUT2D eigenvalue weighted by molar-refractivity contribution is -0.130. The number of carbonyl (C=O) groups excluding carboxylic acids is 1. The summed E-state index contributed by atoms with van der Waals surface area (Å²) in [6.45, 7) is 3.93. The molecule has 1 amide bonds. The summed E-state index contributed by atoms with van der Waals surface area (Å²) in [5.41, 5.74) is 2.31. The number of amides is 1. The minimum Gasteiger partial charge on any atom is -0.497 e. The molecule has 3 aromatic rings. The standard InChI is InChI=1S/C26H24ClN3O3S/c1-15-5-4-6-18(13-15)30-25(34)29-23-20-14-19(32-3)11-12-21(20)33-26(30,2)22(23)24(31)28-17-9-7-16(27)8-10-17/h4-14,22-23H,1-3H3,(H,28,31)(H,29,34)/t22-,23-,26+/m0/s1. The Morgan fingerprint density at radius 1 is 1.18 bits per heavy atom. The highest BCUT2D eigenvalue weighted by Crippen LogP contribution is 2.50. The van der Waals surface area contributed by atoms with Crippen LogP contribution in [-0.4, -0.2) is 23.9 Å². The zero-order valence-corrected chi connectivity index (χ0v) is 20.5. The maximum Gasteiger partial charge on any atom is 0.236 e. The van der Waals surface area contributed by atoms with Gasteiger partial charge in [-0.1, -0.05) is 23.7 Å². The molecule has 5 rings (SSSR count). The van der Waals surface area contributed by atoms with Crippen molar-refractivity contribution < 1.29 is 14.3 Å². The second kappa shape index (κ2) is 8.49. The maximum atomic E-state index is 13.8. The quantitative estimate of drug-likeness (QED) is 0.471. The Labute approximate surface area is 208 Å². The van der Waals surface area contributed by atoms with Gasteiger partial charge in [0.2, 0.25) is 5.91 Å². The Balaban J connectivity index is 1.63.